The fourth-order valence-electron chi connectivity index (χ4n) is 1.73. The minimum atomic E-state index is -0.888. The zero-order valence-corrected chi connectivity index (χ0v) is 9.06. The van der Waals surface area contributed by atoms with E-state index in [0.717, 1.165) is 38.1 Å². The predicted molar refractivity (Wildman–Crippen MR) is 59.0 cm³/mol. The average molecular weight is 221 g/mol. The molecule has 1 aromatic rings. The molecule has 0 aliphatic carbocycles. The van der Waals surface area contributed by atoms with Crippen molar-refractivity contribution in [2.75, 3.05) is 13.2 Å². The first-order valence-electron chi connectivity index (χ1n) is 5.46. The maximum Gasteiger partial charge on any atom is 0.335 e. The van der Waals surface area contributed by atoms with Gasteiger partial charge in [-0.05, 0) is 30.5 Å². The molecule has 0 saturated carbocycles. The fraction of sp³-hybridized carbons (Fsp3) is 0.417. The predicted octanol–water partition coefficient (Wildman–Crippen LogP) is 1.91. The highest BCUT2D eigenvalue weighted by atomic mass is 16.7. The lowest BCUT2D eigenvalue weighted by atomic mass is 10.1. The molecular weight excluding hydrogens is 206 g/mol. The van der Waals surface area contributed by atoms with Crippen LogP contribution in [0.5, 0.6) is 0 Å². The average Bonchev–Trinajstić information content (AvgIpc) is 2.31. The minimum absolute atomic E-state index is 0.323. The van der Waals surface area contributed by atoms with Crippen LogP contribution in [0, 0.1) is 0 Å². The molecule has 86 valence electrons. The van der Waals surface area contributed by atoms with E-state index in [1.165, 1.54) is 0 Å². The third-order valence-corrected chi connectivity index (χ3v) is 2.64. The first-order chi connectivity index (χ1) is 7.75. The second kappa shape index (κ2) is 5.09. The summed E-state index contributed by atoms with van der Waals surface area (Å²) in [6.07, 6.45) is 2.28. The first kappa shape index (κ1) is 11.1. The Kier molecular flexibility index (Phi) is 3.54. The standard InChI is InChI=1S/C12H15NO3/c14-12(15)11-5-3-10(4-6-11)9-13-7-1-2-8-16-13/h3-6H,1-2,7-9H2,(H,14,15). The number of rotatable bonds is 3. The van der Waals surface area contributed by atoms with Gasteiger partial charge < -0.3 is 5.11 Å². The normalized spacial score (nSPS) is 17.2. The van der Waals surface area contributed by atoms with E-state index in [4.69, 9.17) is 9.94 Å². The Bertz CT molecular complexity index is 355. The third kappa shape index (κ3) is 2.81. The number of carboxylic acid groups (broad SMARTS) is 1. The summed E-state index contributed by atoms with van der Waals surface area (Å²) < 4.78 is 0. The summed E-state index contributed by atoms with van der Waals surface area (Å²) in [6, 6.07) is 6.92. The van der Waals surface area contributed by atoms with E-state index in [1.807, 2.05) is 17.2 Å². The molecule has 2 rings (SSSR count). The second-order valence-electron chi connectivity index (χ2n) is 3.91. The Morgan fingerprint density at radius 3 is 2.62 bits per heavy atom. The van der Waals surface area contributed by atoms with Gasteiger partial charge in [0.1, 0.15) is 0 Å². The lowest BCUT2D eigenvalue weighted by Gasteiger charge is -2.25. The lowest BCUT2D eigenvalue weighted by molar-refractivity contribution is -0.187. The van der Waals surface area contributed by atoms with Gasteiger partial charge in [0.2, 0.25) is 0 Å². The van der Waals surface area contributed by atoms with Crippen LogP contribution in [0.15, 0.2) is 24.3 Å². The van der Waals surface area contributed by atoms with Crippen molar-refractivity contribution < 1.29 is 14.7 Å². The third-order valence-electron chi connectivity index (χ3n) is 2.64. The highest BCUT2D eigenvalue weighted by Crippen LogP contribution is 2.12. The van der Waals surface area contributed by atoms with Gasteiger partial charge >= 0.3 is 5.97 Å². The van der Waals surface area contributed by atoms with Gasteiger partial charge in [0.15, 0.2) is 0 Å². The highest BCUT2D eigenvalue weighted by molar-refractivity contribution is 5.87. The monoisotopic (exact) mass is 221 g/mol. The number of carboxylic acids is 1. The van der Waals surface area contributed by atoms with Gasteiger partial charge in [0.25, 0.3) is 0 Å². The van der Waals surface area contributed by atoms with Gasteiger partial charge in [-0.3, -0.25) is 4.84 Å². The maximum absolute atomic E-state index is 10.7. The number of hydroxylamine groups is 2. The second-order valence-corrected chi connectivity index (χ2v) is 3.91. The molecule has 0 bridgehead atoms. The SMILES string of the molecule is O=C(O)c1ccc(CN2CCCCO2)cc1. The molecule has 0 radical (unpaired) electrons. The van der Waals surface area contributed by atoms with Gasteiger partial charge in [0, 0.05) is 13.1 Å². The van der Waals surface area contributed by atoms with E-state index in [-0.39, 0.29) is 0 Å². The van der Waals surface area contributed by atoms with Crippen molar-refractivity contribution in [3.8, 4) is 0 Å². The number of hydrogen-bond acceptors (Lipinski definition) is 3. The number of hydrogen-bond donors (Lipinski definition) is 1. The molecule has 0 spiro atoms. The zero-order valence-electron chi connectivity index (χ0n) is 9.06. The number of benzene rings is 1. The van der Waals surface area contributed by atoms with Crippen LogP contribution in [0.2, 0.25) is 0 Å². The smallest absolute Gasteiger partial charge is 0.335 e. The van der Waals surface area contributed by atoms with Gasteiger partial charge in [-0.1, -0.05) is 12.1 Å². The minimum Gasteiger partial charge on any atom is -0.478 e. The molecule has 1 aliphatic rings. The molecule has 1 aromatic carbocycles. The van der Waals surface area contributed by atoms with E-state index in [9.17, 15) is 4.79 Å². The molecular formula is C12H15NO3. The summed E-state index contributed by atoms with van der Waals surface area (Å²) in [6.45, 7) is 2.45. The molecule has 0 atom stereocenters. The Morgan fingerprint density at radius 2 is 2.06 bits per heavy atom. The molecule has 0 aromatic heterocycles. The molecule has 0 unspecified atom stereocenters. The van der Waals surface area contributed by atoms with Crippen molar-refractivity contribution in [3.05, 3.63) is 35.4 Å². The number of aromatic carboxylic acids is 1. The molecule has 4 nitrogen and oxygen atoms in total. The maximum atomic E-state index is 10.7. The van der Waals surface area contributed by atoms with Crippen molar-refractivity contribution in [3.63, 3.8) is 0 Å². The topological polar surface area (TPSA) is 49.8 Å². The van der Waals surface area contributed by atoms with Gasteiger partial charge in [0.05, 0.1) is 12.2 Å². The lowest BCUT2D eigenvalue weighted by Crippen LogP contribution is -2.29. The zero-order chi connectivity index (χ0) is 11.4. The molecule has 1 heterocycles. The fourth-order valence-corrected chi connectivity index (χ4v) is 1.73. The van der Waals surface area contributed by atoms with Crippen LogP contribution in [0.25, 0.3) is 0 Å². The van der Waals surface area contributed by atoms with E-state index in [0.29, 0.717) is 5.56 Å². The molecule has 1 fully saturated rings. The van der Waals surface area contributed by atoms with E-state index in [2.05, 4.69) is 0 Å². The number of nitrogens with zero attached hydrogens (tertiary/aromatic N) is 1. The van der Waals surface area contributed by atoms with Crippen molar-refractivity contribution in [1.29, 1.82) is 0 Å². The van der Waals surface area contributed by atoms with Gasteiger partial charge in [-0.15, -0.1) is 0 Å². The van der Waals surface area contributed by atoms with Crippen LogP contribution >= 0.6 is 0 Å². The summed E-state index contributed by atoms with van der Waals surface area (Å²) >= 11 is 0. The van der Waals surface area contributed by atoms with Crippen molar-refractivity contribution in [2.24, 2.45) is 0 Å². The summed E-state index contributed by atoms with van der Waals surface area (Å²) in [5, 5.41) is 10.7. The van der Waals surface area contributed by atoms with Crippen LogP contribution in [-0.4, -0.2) is 29.3 Å². The number of carbonyl (C=O) groups is 1. The van der Waals surface area contributed by atoms with E-state index in [1.54, 1.807) is 12.1 Å². The molecule has 4 heteroatoms. The molecule has 16 heavy (non-hydrogen) atoms. The molecule has 1 saturated heterocycles. The van der Waals surface area contributed by atoms with Gasteiger partial charge in [-0.2, -0.15) is 5.06 Å². The molecule has 1 N–H and O–H groups in total. The Hall–Kier alpha value is -1.39. The van der Waals surface area contributed by atoms with Crippen molar-refractivity contribution >= 4 is 5.97 Å². The Morgan fingerprint density at radius 1 is 1.31 bits per heavy atom. The van der Waals surface area contributed by atoms with E-state index >= 15 is 0 Å². The van der Waals surface area contributed by atoms with Crippen molar-refractivity contribution in [2.45, 2.75) is 19.4 Å². The highest BCUT2D eigenvalue weighted by Gasteiger charge is 2.11. The van der Waals surface area contributed by atoms with Crippen LogP contribution in [-0.2, 0) is 11.4 Å². The summed E-state index contributed by atoms with van der Waals surface area (Å²) in [5.74, 6) is -0.888. The molecule has 1 aliphatic heterocycles. The van der Waals surface area contributed by atoms with Crippen molar-refractivity contribution in [1.82, 2.24) is 5.06 Å². The summed E-state index contributed by atoms with van der Waals surface area (Å²) in [4.78, 5) is 16.1. The quantitative estimate of drug-likeness (QED) is 0.847. The van der Waals surface area contributed by atoms with E-state index < -0.39 is 5.97 Å². The van der Waals surface area contributed by atoms with Crippen LogP contribution in [0.1, 0.15) is 28.8 Å². The largest absolute Gasteiger partial charge is 0.478 e. The van der Waals surface area contributed by atoms with Crippen LogP contribution in [0.4, 0.5) is 0 Å². The van der Waals surface area contributed by atoms with Gasteiger partial charge in [-0.25, -0.2) is 4.79 Å². The summed E-state index contributed by atoms with van der Waals surface area (Å²) in [7, 11) is 0. The van der Waals surface area contributed by atoms with Crippen LogP contribution < -0.4 is 0 Å². The molecule has 0 amide bonds. The summed E-state index contributed by atoms with van der Waals surface area (Å²) in [5.41, 5.74) is 1.40. The Balaban J connectivity index is 1.96. The van der Waals surface area contributed by atoms with Crippen LogP contribution in [0.3, 0.4) is 0 Å². The first-order valence-corrected chi connectivity index (χ1v) is 5.46. The Labute approximate surface area is 94.4 Å².